The highest BCUT2D eigenvalue weighted by atomic mass is 32.2. The first-order valence-electron chi connectivity index (χ1n) is 7.61. The molecule has 1 atom stereocenters. The summed E-state index contributed by atoms with van der Waals surface area (Å²) in [7, 11) is 0. The Balaban J connectivity index is 1.83. The Morgan fingerprint density at radius 3 is 2.83 bits per heavy atom. The molecular weight excluding hydrogens is 328 g/mol. The van der Waals surface area contributed by atoms with E-state index in [0.29, 0.717) is 22.5 Å². The van der Waals surface area contributed by atoms with Gasteiger partial charge in [-0.15, -0.1) is 11.8 Å². The van der Waals surface area contributed by atoms with Gasteiger partial charge in [0.05, 0.1) is 16.3 Å². The van der Waals surface area contributed by atoms with E-state index in [4.69, 9.17) is 0 Å². The minimum atomic E-state index is 0.0292. The number of rotatable bonds is 5. The third-order valence-corrected chi connectivity index (χ3v) is 5.90. The van der Waals surface area contributed by atoms with Crippen molar-refractivity contribution in [1.82, 2.24) is 9.55 Å². The van der Waals surface area contributed by atoms with E-state index in [2.05, 4.69) is 11.9 Å². The third-order valence-electron chi connectivity index (χ3n) is 3.71. The lowest BCUT2D eigenvalue weighted by atomic mass is 10.2. The van der Waals surface area contributed by atoms with Crippen LogP contribution >= 0.6 is 23.5 Å². The predicted octanol–water partition coefficient (Wildman–Crippen LogP) is 3.27. The molecule has 0 bridgehead atoms. The standard InChI is InChI=1S/C17H18N2O2S2/c1-3-19-16(21)15-13(9-11(2)23-15)18-17(19)22-10-14(20)12-7-5-4-6-8-12/h4-8,11H,3,9-10H2,1-2H3/t11-/m0/s1. The van der Waals surface area contributed by atoms with E-state index in [1.54, 1.807) is 16.3 Å². The van der Waals surface area contributed by atoms with Crippen molar-refractivity contribution in [3.05, 3.63) is 51.9 Å². The second-order valence-corrected chi connectivity index (χ2v) is 7.82. The smallest absolute Gasteiger partial charge is 0.268 e. The van der Waals surface area contributed by atoms with Gasteiger partial charge in [-0.2, -0.15) is 0 Å². The van der Waals surface area contributed by atoms with E-state index in [-0.39, 0.29) is 17.1 Å². The van der Waals surface area contributed by atoms with Crippen molar-refractivity contribution >= 4 is 29.3 Å². The number of aromatic nitrogens is 2. The molecule has 1 aliphatic heterocycles. The van der Waals surface area contributed by atoms with Crippen molar-refractivity contribution in [1.29, 1.82) is 0 Å². The Labute approximate surface area is 143 Å². The van der Waals surface area contributed by atoms with E-state index < -0.39 is 0 Å². The molecule has 0 saturated carbocycles. The van der Waals surface area contributed by atoms with Crippen molar-refractivity contribution in [2.24, 2.45) is 0 Å². The van der Waals surface area contributed by atoms with Crippen LogP contribution < -0.4 is 5.56 Å². The summed E-state index contributed by atoms with van der Waals surface area (Å²) in [6.07, 6.45) is 0.819. The number of Topliss-reactive ketones (excluding diaryl/α,β-unsaturated/α-hetero) is 1. The molecular formula is C17H18N2O2S2. The van der Waals surface area contributed by atoms with Gasteiger partial charge in [0.25, 0.3) is 5.56 Å². The van der Waals surface area contributed by atoms with E-state index in [0.717, 1.165) is 17.0 Å². The van der Waals surface area contributed by atoms with E-state index in [1.165, 1.54) is 11.8 Å². The number of hydrogen-bond donors (Lipinski definition) is 0. The first-order valence-corrected chi connectivity index (χ1v) is 9.48. The predicted molar refractivity (Wildman–Crippen MR) is 94.7 cm³/mol. The average molecular weight is 346 g/mol. The van der Waals surface area contributed by atoms with Gasteiger partial charge in [0.15, 0.2) is 10.9 Å². The molecule has 0 amide bonds. The van der Waals surface area contributed by atoms with Crippen molar-refractivity contribution < 1.29 is 4.79 Å². The van der Waals surface area contributed by atoms with Crippen LogP contribution in [0.2, 0.25) is 0 Å². The van der Waals surface area contributed by atoms with E-state index in [9.17, 15) is 9.59 Å². The summed E-state index contributed by atoms with van der Waals surface area (Å²) in [5.41, 5.74) is 1.60. The summed E-state index contributed by atoms with van der Waals surface area (Å²) in [6, 6.07) is 9.21. The molecule has 0 spiro atoms. The summed E-state index contributed by atoms with van der Waals surface area (Å²) >= 11 is 2.95. The van der Waals surface area contributed by atoms with Gasteiger partial charge in [-0.25, -0.2) is 4.98 Å². The fraction of sp³-hybridized carbons (Fsp3) is 0.353. The molecule has 6 heteroatoms. The van der Waals surface area contributed by atoms with Crippen LogP contribution in [0.4, 0.5) is 0 Å². The summed E-state index contributed by atoms with van der Waals surface area (Å²) in [6.45, 7) is 4.60. The van der Waals surface area contributed by atoms with Crippen LogP contribution in [0.25, 0.3) is 0 Å². The fourth-order valence-electron chi connectivity index (χ4n) is 2.56. The molecule has 2 aromatic rings. The van der Waals surface area contributed by atoms with E-state index in [1.807, 2.05) is 37.3 Å². The monoisotopic (exact) mass is 346 g/mol. The third kappa shape index (κ3) is 3.38. The Bertz CT molecular complexity index is 787. The van der Waals surface area contributed by atoms with Crippen LogP contribution in [-0.2, 0) is 13.0 Å². The Hall–Kier alpha value is -1.53. The lowest BCUT2D eigenvalue weighted by Gasteiger charge is -2.11. The maximum absolute atomic E-state index is 12.6. The van der Waals surface area contributed by atoms with E-state index >= 15 is 0 Å². The molecule has 1 aliphatic rings. The minimum absolute atomic E-state index is 0.0292. The molecule has 0 fully saturated rings. The lowest BCUT2D eigenvalue weighted by Crippen LogP contribution is -2.24. The second kappa shape index (κ2) is 6.93. The van der Waals surface area contributed by atoms with Gasteiger partial charge >= 0.3 is 0 Å². The molecule has 0 radical (unpaired) electrons. The number of fused-ring (bicyclic) bond motifs is 1. The Morgan fingerprint density at radius 2 is 2.13 bits per heavy atom. The van der Waals surface area contributed by atoms with Crippen molar-refractivity contribution in [2.75, 3.05) is 5.75 Å². The van der Waals surface area contributed by atoms with Crippen LogP contribution in [0, 0.1) is 0 Å². The summed E-state index contributed by atoms with van der Waals surface area (Å²) in [5.74, 6) is 0.341. The average Bonchev–Trinajstić information content (AvgIpc) is 2.94. The fourth-order valence-corrected chi connectivity index (χ4v) is 4.65. The van der Waals surface area contributed by atoms with Crippen molar-refractivity contribution in [3.63, 3.8) is 0 Å². The van der Waals surface area contributed by atoms with Gasteiger partial charge in [0.1, 0.15) is 0 Å². The lowest BCUT2D eigenvalue weighted by molar-refractivity contribution is 0.102. The Morgan fingerprint density at radius 1 is 1.39 bits per heavy atom. The van der Waals surface area contributed by atoms with Crippen molar-refractivity contribution in [2.45, 2.75) is 42.1 Å². The normalized spacial score (nSPS) is 16.3. The zero-order valence-corrected chi connectivity index (χ0v) is 14.7. The van der Waals surface area contributed by atoms with Crippen LogP contribution in [0.3, 0.4) is 0 Å². The number of ketones is 1. The number of nitrogens with zero attached hydrogens (tertiary/aromatic N) is 2. The zero-order valence-electron chi connectivity index (χ0n) is 13.1. The highest BCUT2D eigenvalue weighted by Gasteiger charge is 2.26. The number of benzene rings is 1. The molecule has 1 aromatic heterocycles. The highest BCUT2D eigenvalue weighted by Crippen LogP contribution is 2.34. The first kappa shape index (κ1) is 16.3. The first-order chi connectivity index (χ1) is 11.1. The topological polar surface area (TPSA) is 52.0 Å². The maximum atomic E-state index is 12.6. The number of thioether (sulfide) groups is 2. The molecule has 120 valence electrons. The van der Waals surface area contributed by atoms with Crippen LogP contribution in [0.5, 0.6) is 0 Å². The van der Waals surface area contributed by atoms with Gasteiger partial charge in [0, 0.05) is 23.8 Å². The quantitative estimate of drug-likeness (QED) is 0.472. The van der Waals surface area contributed by atoms with Gasteiger partial charge in [-0.05, 0) is 6.92 Å². The minimum Gasteiger partial charge on any atom is -0.293 e. The Kier molecular flexibility index (Phi) is 4.92. The van der Waals surface area contributed by atoms with Crippen LogP contribution in [0.1, 0.15) is 29.9 Å². The largest absolute Gasteiger partial charge is 0.293 e. The van der Waals surface area contributed by atoms with Gasteiger partial charge in [-0.3, -0.25) is 14.2 Å². The van der Waals surface area contributed by atoms with Gasteiger partial charge in [-0.1, -0.05) is 49.0 Å². The molecule has 0 saturated heterocycles. The zero-order chi connectivity index (χ0) is 16.4. The summed E-state index contributed by atoms with van der Waals surface area (Å²) in [5, 5.41) is 1.04. The molecule has 23 heavy (non-hydrogen) atoms. The molecule has 3 rings (SSSR count). The molecule has 0 unspecified atom stereocenters. The number of carbonyl (C=O) groups is 1. The highest BCUT2D eigenvalue weighted by molar-refractivity contribution is 8.00. The van der Waals surface area contributed by atoms with Gasteiger partial charge < -0.3 is 0 Å². The van der Waals surface area contributed by atoms with Crippen LogP contribution in [0.15, 0.2) is 45.2 Å². The molecule has 0 aliphatic carbocycles. The number of carbonyl (C=O) groups excluding carboxylic acids is 1. The molecule has 0 N–H and O–H groups in total. The van der Waals surface area contributed by atoms with Gasteiger partial charge in [0.2, 0.25) is 0 Å². The molecule has 2 heterocycles. The summed E-state index contributed by atoms with van der Waals surface area (Å²) < 4.78 is 1.67. The molecule has 1 aromatic carbocycles. The number of hydrogen-bond acceptors (Lipinski definition) is 5. The van der Waals surface area contributed by atoms with Crippen LogP contribution in [-0.4, -0.2) is 26.3 Å². The second-order valence-electron chi connectivity index (χ2n) is 5.43. The SMILES string of the molecule is CCn1c(SCC(=O)c2ccccc2)nc2c(c1=O)S[C@@H](C)C2. The summed E-state index contributed by atoms with van der Waals surface area (Å²) in [4.78, 5) is 30.3. The molecule has 4 nitrogen and oxygen atoms in total. The van der Waals surface area contributed by atoms with Crippen molar-refractivity contribution in [3.8, 4) is 0 Å². The maximum Gasteiger partial charge on any atom is 0.268 e.